The summed E-state index contributed by atoms with van der Waals surface area (Å²) in [5.74, 6) is -4.35. The van der Waals surface area contributed by atoms with Crippen LogP contribution in [0.25, 0.3) is 33.8 Å². The van der Waals surface area contributed by atoms with E-state index in [1.165, 1.54) is 0 Å². The van der Waals surface area contributed by atoms with Crippen LogP contribution in [0.4, 0.5) is 39.5 Å². The average molecular weight is 1510 g/mol. The first-order chi connectivity index (χ1) is 50.8. The molecule has 3 N–H and O–H groups in total. The highest BCUT2D eigenvalue weighted by atomic mass is 19.4. The normalized spacial score (nSPS) is 23.6. The molecule has 6 atom stereocenters. The summed E-state index contributed by atoms with van der Waals surface area (Å²) in [4.78, 5) is 52.9. The summed E-state index contributed by atoms with van der Waals surface area (Å²) >= 11 is 0. The second kappa shape index (κ2) is 31.5. The highest BCUT2D eigenvalue weighted by molar-refractivity contribution is 5.98. The molecular weight excluding hydrogens is 1420 g/mol. The number of hydrogen-bond donors (Lipinski definition) is 3. The second-order valence-corrected chi connectivity index (χ2v) is 28.3. The van der Waals surface area contributed by atoms with Gasteiger partial charge in [0.15, 0.2) is 0 Å². The molecule has 0 bridgehead atoms. The Hall–Kier alpha value is -7.68. The minimum Gasteiger partial charge on any atom is -0.455 e. The first kappa shape index (κ1) is 75.1. The fourth-order valence-electron chi connectivity index (χ4n) is 14.7. The maximum atomic E-state index is 14.4. The van der Waals surface area contributed by atoms with Crippen molar-refractivity contribution in [3.8, 4) is 33.8 Å². The van der Waals surface area contributed by atoms with E-state index in [0.717, 1.165) is 25.7 Å². The maximum Gasteiger partial charge on any atom is 0.420 e. The molecule has 0 unspecified atom stereocenters. The van der Waals surface area contributed by atoms with Crippen LogP contribution in [0, 0.1) is 11.3 Å². The van der Waals surface area contributed by atoms with Crippen LogP contribution in [0.5, 0.6) is 0 Å². The van der Waals surface area contributed by atoms with Crippen LogP contribution in [-0.2, 0) is 122 Å². The number of rotatable bonds is 16. The Bertz CT molecular complexity index is 3950. The molecule has 6 aromatic rings. The van der Waals surface area contributed by atoms with Crippen molar-refractivity contribution in [3.63, 3.8) is 0 Å². The number of amides is 4. The number of furan rings is 3. The van der Waals surface area contributed by atoms with Gasteiger partial charge in [-0.1, -0.05) is 13.8 Å². The number of piperidine rings is 1. The van der Waals surface area contributed by atoms with Crippen molar-refractivity contribution in [2.24, 2.45) is 11.3 Å². The zero-order valence-corrected chi connectivity index (χ0v) is 58.4. The number of likely N-dealkylation sites (tertiary alicyclic amines) is 1. The summed E-state index contributed by atoms with van der Waals surface area (Å²) < 4.78 is 204. The molecule has 10 aliphatic rings. The van der Waals surface area contributed by atoms with Crippen molar-refractivity contribution >= 4 is 23.6 Å². The van der Waals surface area contributed by atoms with E-state index in [2.05, 4.69) is 31.2 Å². The van der Waals surface area contributed by atoms with Gasteiger partial charge in [-0.25, -0.2) is 0 Å². The quantitative estimate of drug-likeness (QED) is 0.0784. The van der Waals surface area contributed by atoms with Gasteiger partial charge < -0.3 is 81.5 Å². The van der Waals surface area contributed by atoms with Gasteiger partial charge in [0, 0.05) is 88.1 Å². The molecule has 36 heteroatoms. The number of nitrogens with zero attached hydrogens (tertiary/aromatic N) is 7. The molecule has 7 fully saturated rings. The lowest BCUT2D eigenvalue weighted by atomic mass is 9.86. The lowest BCUT2D eigenvalue weighted by Gasteiger charge is -2.33. The van der Waals surface area contributed by atoms with Gasteiger partial charge in [0.05, 0.1) is 164 Å². The molecular formula is C70H83F9N10O17. The number of ether oxygens (including phenoxy) is 10. The standard InChI is InChI=1S/C28H35F3N4O5.2C21H24F3N3O6/c1-16-11-20-21(22(28(29,30)31)24(40-20)25(36)32-12-18-15-38-9-10-39-18)23-19(16)14-35(33-23)13-17-3-7-34(8-4-17)26(37)27(2)5-6-27;2*22-21(23,24)17-16-15(33-19(17)20(28)25-7-13-10-29-3-5-31-13)2-1-12-8-27(26-18(12)16)9-14-11-30-4-6-32-14/h14,16-18H,3-13,15H2,1-2H3,(H,32,36);2*8,13-14H,1-7,9-11H2,(H,25,28)/t16-,18+;13-,14+;13-,14-/m000/s1. The van der Waals surface area contributed by atoms with Gasteiger partial charge in [0.2, 0.25) is 23.2 Å². The van der Waals surface area contributed by atoms with E-state index in [9.17, 15) is 58.7 Å². The number of halogens is 9. The van der Waals surface area contributed by atoms with Crippen LogP contribution < -0.4 is 16.0 Å². The predicted octanol–water partition coefficient (Wildman–Crippen LogP) is 7.65. The molecule has 578 valence electrons. The van der Waals surface area contributed by atoms with E-state index in [1.807, 2.05) is 24.9 Å². The van der Waals surface area contributed by atoms with Crippen LogP contribution >= 0.6 is 0 Å². The van der Waals surface area contributed by atoms with Crippen LogP contribution in [0.1, 0.15) is 128 Å². The summed E-state index contributed by atoms with van der Waals surface area (Å²) in [7, 11) is 0. The maximum absolute atomic E-state index is 14.4. The molecule has 6 saturated heterocycles. The number of carbonyl (C=O) groups is 4. The number of nitrogens with one attached hydrogen (secondary N) is 3. The highest BCUT2D eigenvalue weighted by Crippen LogP contribution is 2.52. The molecule has 4 aliphatic carbocycles. The largest absolute Gasteiger partial charge is 0.455 e. The Kier molecular flexibility index (Phi) is 22.3. The Morgan fingerprint density at radius 3 is 1.20 bits per heavy atom. The average Bonchev–Trinajstić information content (AvgIpc) is 1.57. The van der Waals surface area contributed by atoms with E-state index < -0.39 is 88.5 Å². The Morgan fingerprint density at radius 2 is 0.830 bits per heavy atom. The minimum absolute atomic E-state index is 0.0153. The minimum atomic E-state index is -4.81. The van der Waals surface area contributed by atoms with Crippen LogP contribution in [0.3, 0.4) is 0 Å². The summed E-state index contributed by atoms with van der Waals surface area (Å²) in [5, 5.41) is 20.9. The van der Waals surface area contributed by atoms with Crippen LogP contribution in [-0.4, -0.2) is 220 Å². The van der Waals surface area contributed by atoms with E-state index in [-0.39, 0.29) is 145 Å². The van der Waals surface area contributed by atoms with E-state index in [1.54, 1.807) is 26.4 Å². The molecule has 6 aliphatic heterocycles. The fourth-order valence-corrected chi connectivity index (χ4v) is 14.7. The summed E-state index contributed by atoms with van der Waals surface area (Å²) in [5.41, 5.74) is -1.27. The molecule has 4 amide bonds. The predicted molar refractivity (Wildman–Crippen MR) is 348 cm³/mol. The van der Waals surface area contributed by atoms with Crippen molar-refractivity contribution in [1.29, 1.82) is 0 Å². The van der Waals surface area contributed by atoms with Gasteiger partial charge in [0.1, 0.15) is 46.2 Å². The van der Waals surface area contributed by atoms with Gasteiger partial charge in [0.25, 0.3) is 17.7 Å². The zero-order valence-electron chi connectivity index (χ0n) is 58.4. The van der Waals surface area contributed by atoms with Crippen molar-refractivity contribution < 1.29 is 119 Å². The Labute approximate surface area is 600 Å². The fraction of sp³-hybridized carbons (Fsp3) is 0.643. The molecule has 1 saturated carbocycles. The second-order valence-electron chi connectivity index (χ2n) is 28.3. The molecule has 106 heavy (non-hydrogen) atoms. The van der Waals surface area contributed by atoms with Crippen molar-refractivity contribution in [2.75, 3.05) is 132 Å². The molecule has 16 rings (SSSR count). The summed E-state index contributed by atoms with van der Waals surface area (Å²) in [6.45, 7) is 12.6. The number of fused-ring (bicyclic) bond motifs is 9. The Morgan fingerprint density at radius 1 is 0.472 bits per heavy atom. The van der Waals surface area contributed by atoms with Crippen molar-refractivity contribution in [3.05, 3.63) is 86.5 Å². The van der Waals surface area contributed by atoms with E-state index in [0.29, 0.717) is 142 Å². The number of aromatic nitrogens is 6. The number of hydrogen-bond acceptors (Lipinski definition) is 20. The first-order valence-electron chi connectivity index (χ1n) is 35.8. The third kappa shape index (κ3) is 16.8. The molecule has 6 aromatic heterocycles. The van der Waals surface area contributed by atoms with Crippen molar-refractivity contribution in [2.45, 2.75) is 146 Å². The number of carbonyl (C=O) groups excluding carboxylic acids is 4. The lowest BCUT2D eigenvalue weighted by Crippen LogP contribution is -2.42. The SMILES string of the molecule is C[C@H]1Cc2oc(C(=O)NC[C@@H]3COCCO3)c(C(F)(F)F)c2-c2nn(CC3CCN(C(=O)C4(C)CC4)CC3)cc21.O=C(NC[C@H]1COCCO1)c1oc2c(c1C(F)(F)F)-c1nn(C[C@@H]3COCCO3)cc1CC2.O=C(NC[C@H]1COCCO1)c1oc2c(c1C(F)(F)F)-c1nn(C[C@H]3COCCO3)cc1CC2. The number of alkyl halides is 9. The first-order valence-corrected chi connectivity index (χ1v) is 35.8. The van der Waals surface area contributed by atoms with Gasteiger partial charge >= 0.3 is 18.5 Å². The molecule has 0 radical (unpaired) electrons. The summed E-state index contributed by atoms with van der Waals surface area (Å²) in [6.07, 6.45) is -5.64. The summed E-state index contributed by atoms with van der Waals surface area (Å²) in [6, 6.07) is 0. The zero-order chi connectivity index (χ0) is 74.2. The molecule has 0 aromatic carbocycles. The highest BCUT2D eigenvalue weighted by Gasteiger charge is 2.51. The van der Waals surface area contributed by atoms with Gasteiger partial charge in [-0.15, -0.1) is 0 Å². The third-order valence-electron chi connectivity index (χ3n) is 20.4. The van der Waals surface area contributed by atoms with E-state index in [4.69, 9.17) is 60.6 Å². The van der Waals surface area contributed by atoms with Gasteiger partial charge in [-0.05, 0) is 61.5 Å². The third-order valence-corrected chi connectivity index (χ3v) is 20.4. The van der Waals surface area contributed by atoms with Gasteiger partial charge in [-0.3, -0.25) is 33.2 Å². The van der Waals surface area contributed by atoms with Crippen LogP contribution in [0.15, 0.2) is 31.8 Å². The van der Waals surface area contributed by atoms with Crippen LogP contribution in [0.2, 0.25) is 0 Å². The molecule has 12 heterocycles. The molecule has 0 spiro atoms. The smallest absolute Gasteiger partial charge is 0.420 e. The topological polar surface area (TPSA) is 293 Å². The number of aryl methyl sites for hydroxylation is 4. The van der Waals surface area contributed by atoms with E-state index >= 15 is 0 Å². The lowest BCUT2D eigenvalue weighted by molar-refractivity contribution is -0.138. The Balaban J connectivity index is 0.000000135. The van der Waals surface area contributed by atoms with Crippen molar-refractivity contribution in [1.82, 2.24) is 50.2 Å². The van der Waals surface area contributed by atoms with Gasteiger partial charge in [-0.2, -0.15) is 54.8 Å². The monoisotopic (exact) mass is 1510 g/mol. The molecule has 27 nitrogen and oxygen atoms in total.